The molecule has 0 amide bonds. The summed E-state index contributed by atoms with van der Waals surface area (Å²) in [5.74, 6) is 0.821. The SMILES string of the molecule is CCNCc1cnc(Oc2cc(C)cc(C)c2C)nc1. The highest BCUT2D eigenvalue weighted by molar-refractivity contribution is 5.43. The molecular weight excluding hydrogens is 250 g/mol. The van der Waals surface area contributed by atoms with E-state index in [2.05, 4.69) is 42.1 Å². The van der Waals surface area contributed by atoms with E-state index in [1.54, 1.807) is 12.4 Å². The van der Waals surface area contributed by atoms with Gasteiger partial charge in [0.2, 0.25) is 0 Å². The minimum absolute atomic E-state index is 0.387. The molecule has 106 valence electrons. The van der Waals surface area contributed by atoms with Gasteiger partial charge in [0.05, 0.1) is 0 Å². The normalized spacial score (nSPS) is 10.6. The van der Waals surface area contributed by atoms with Gasteiger partial charge in [0.15, 0.2) is 0 Å². The molecule has 1 aromatic heterocycles. The van der Waals surface area contributed by atoms with E-state index in [1.807, 2.05) is 13.0 Å². The number of rotatable bonds is 5. The van der Waals surface area contributed by atoms with Crippen LogP contribution in [0.1, 0.15) is 29.2 Å². The molecule has 0 fully saturated rings. The topological polar surface area (TPSA) is 47.0 Å². The Morgan fingerprint density at radius 3 is 2.45 bits per heavy atom. The summed E-state index contributed by atoms with van der Waals surface area (Å²) in [6, 6.07) is 4.54. The molecule has 1 N–H and O–H groups in total. The molecule has 0 bridgehead atoms. The first kappa shape index (κ1) is 14.5. The zero-order valence-corrected chi connectivity index (χ0v) is 12.5. The van der Waals surface area contributed by atoms with E-state index >= 15 is 0 Å². The Bertz CT molecular complexity index is 579. The third-order valence-corrected chi connectivity index (χ3v) is 3.23. The number of aromatic nitrogens is 2. The lowest BCUT2D eigenvalue weighted by Crippen LogP contribution is -2.12. The molecule has 0 unspecified atom stereocenters. The predicted molar refractivity (Wildman–Crippen MR) is 80.1 cm³/mol. The van der Waals surface area contributed by atoms with Gasteiger partial charge in [0.1, 0.15) is 5.75 Å². The smallest absolute Gasteiger partial charge is 0.321 e. The molecule has 4 nitrogen and oxygen atoms in total. The largest absolute Gasteiger partial charge is 0.424 e. The molecule has 4 heteroatoms. The standard InChI is InChI=1S/C16H21N3O/c1-5-17-8-14-9-18-16(19-10-14)20-15-7-11(2)6-12(3)13(15)4/h6-7,9-10,17H,5,8H2,1-4H3. The van der Waals surface area contributed by atoms with Crippen LogP contribution in [0, 0.1) is 20.8 Å². The molecule has 0 aliphatic rings. The molecular formula is C16H21N3O. The fourth-order valence-electron chi connectivity index (χ4n) is 1.96. The van der Waals surface area contributed by atoms with Gasteiger partial charge in [-0.1, -0.05) is 13.0 Å². The van der Waals surface area contributed by atoms with Crippen LogP contribution in [0.25, 0.3) is 0 Å². The van der Waals surface area contributed by atoms with Crippen molar-refractivity contribution >= 4 is 0 Å². The third kappa shape index (κ3) is 3.54. The molecule has 0 saturated heterocycles. The molecule has 20 heavy (non-hydrogen) atoms. The van der Waals surface area contributed by atoms with Crippen LogP contribution in [0.2, 0.25) is 0 Å². The number of aryl methyl sites for hydroxylation is 2. The van der Waals surface area contributed by atoms with Crippen molar-refractivity contribution in [3.63, 3.8) is 0 Å². The minimum atomic E-state index is 0.387. The first-order chi connectivity index (χ1) is 9.60. The van der Waals surface area contributed by atoms with Crippen LogP contribution in [0.4, 0.5) is 0 Å². The van der Waals surface area contributed by atoms with Crippen LogP contribution in [0.3, 0.4) is 0 Å². The monoisotopic (exact) mass is 271 g/mol. The Kier molecular flexibility index (Phi) is 4.69. The zero-order valence-electron chi connectivity index (χ0n) is 12.5. The van der Waals surface area contributed by atoms with E-state index in [0.29, 0.717) is 6.01 Å². The Labute approximate surface area is 120 Å². The van der Waals surface area contributed by atoms with E-state index in [0.717, 1.165) is 30.0 Å². The second-order valence-corrected chi connectivity index (χ2v) is 4.96. The van der Waals surface area contributed by atoms with Crippen LogP contribution in [0.5, 0.6) is 11.8 Å². The van der Waals surface area contributed by atoms with Gasteiger partial charge in [-0.05, 0) is 50.1 Å². The average Bonchev–Trinajstić information content (AvgIpc) is 2.43. The summed E-state index contributed by atoms with van der Waals surface area (Å²) in [6.07, 6.45) is 3.59. The van der Waals surface area contributed by atoms with E-state index in [-0.39, 0.29) is 0 Å². The summed E-state index contributed by atoms with van der Waals surface area (Å²) in [5.41, 5.74) is 4.56. The molecule has 0 aliphatic heterocycles. The van der Waals surface area contributed by atoms with Crippen molar-refractivity contribution in [3.8, 4) is 11.8 Å². The Morgan fingerprint density at radius 1 is 1.10 bits per heavy atom. The van der Waals surface area contributed by atoms with Gasteiger partial charge in [-0.25, -0.2) is 9.97 Å². The maximum absolute atomic E-state index is 5.79. The fraction of sp³-hybridized carbons (Fsp3) is 0.375. The summed E-state index contributed by atoms with van der Waals surface area (Å²) in [6.45, 7) is 9.96. The molecule has 0 atom stereocenters. The van der Waals surface area contributed by atoms with Gasteiger partial charge in [-0.2, -0.15) is 0 Å². The third-order valence-electron chi connectivity index (χ3n) is 3.23. The quantitative estimate of drug-likeness (QED) is 0.906. The summed E-state index contributed by atoms with van der Waals surface area (Å²) in [4.78, 5) is 8.51. The van der Waals surface area contributed by atoms with Crippen molar-refractivity contribution in [3.05, 3.63) is 46.8 Å². The summed E-state index contributed by atoms with van der Waals surface area (Å²) >= 11 is 0. The van der Waals surface area contributed by atoms with E-state index < -0.39 is 0 Å². The van der Waals surface area contributed by atoms with E-state index in [4.69, 9.17) is 4.74 Å². The lowest BCUT2D eigenvalue weighted by Gasteiger charge is -2.11. The van der Waals surface area contributed by atoms with Crippen molar-refractivity contribution in [1.29, 1.82) is 0 Å². The number of nitrogens with one attached hydrogen (secondary N) is 1. The Morgan fingerprint density at radius 2 is 1.80 bits per heavy atom. The second-order valence-electron chi connectivity index (χ2n) is 4.96. The molecule has 2 aromatic rings. The van der Waals surface area contributed by atoms with Crippen molar-refractivity contribution in [2.75, 3.05) is 6.54 Å². The molecule has 0 spiro atoms. The van der Waals surface area contributed by atoms with E-state index in [1.165, 1.54) is 11.1 Å². The van der Waals surface area contributed by atoms with Crippen LogP contribution >= 0.6 is 0 Å². The van der Waals surface area contributed by atoms with Crippen LogP contribution in [-0.2, 0) is 6.54 Å². The average molecular weight is 271 g/mol. The first-order valence-corrected chi connectivity index (χ1v) is 6.87. The molecule has 1 aromatic carbocycles. The number of benzene rings is 1. The number of ether oxygens (including phenoxy) is 1. The maximum atomic E-state index is 5.79. The maximum Gasteiger partial charge on any atom is 0.321 e. The molecule has 0 saturated carbocycles. The number of nitrogens with zero attached hydrogens (tertiary/aromatic N) is 2. The van der Waals surface area contributed by atoms with Gasteiger partial charge >= 0.3 is 6.01 Å². The van der Waals surface area contributed by atoms with Crippen LogP contribution in [0.15, 0.2) is 24.5 Å². The van der Waals surface area contributed by atoms with Crippen molar-refractivity contribution in [1.82, 2.24) is 15.3 Å². The van der Waals surface area contributed by atoms with Gasteiger partial charge in [0, 0.05) is 24.5 Å². The molecule has 2 rings (SSSR count). The van der Waals surface area contributed by atoms with Gasteiger partial charge < -0.3 is 10.1 Å². The minimum Gasteiger partial charge on any atom is -0.424 e. The van der Waals surface area contributed by atoms with Crippen molar-refractivity contribution < 1.29 is 4.74 Å². The zero-order chi connectivity index (χ0) is 14.5. The second kappa shape index (κ2) is 6.48. The number of hydrogen-bond donors (Lipinski definition) is 1. The highest BCUT2D eigenvalue weighted by atomic mass is 16.5. The van der Waals surface area contributed by atoms with Crippen LogP contribution in [-0.4, -0.2) is 16.5 Å². The van der Waals surface area contributed by atoms with Gasteiger partial charge in [0.25, 0.3) is 0 Å². The first-order valence-electron chi connectivity index (χ1n) is 6.87. The van der Waals surface area contributed by atoms with Crippen molar-refractivity contribution in [2.24, 2.45) is 0 Å². The van der Waals surface area contributed by atoms with Crippen molar-refractivity contribution in [2.45, 2.75) is 34.2 Å². The lowest BCUT2D eigenvalue weighted by molar-refractivity contribution is 0.437. The Balaban J connectivity index is 2.14. The summed E-state index contributed by atoms with van der Waals surface area (Å²) in [5, 5.41) is 3.24. The number of hydrogen-bond acceptors (Lipinski definition) is 4. The molecule has 0 aliphatic carbocycles. The fourth-order valence-corrected chi connectivity index (χ4v) is 1.96. The lowest BCUT2D eigenvalue weighted by atomic mass is 10.1. The van der Waals surface area contributed by atoms with Crippen LogP contribution < -0.4 is 10.1 Å². The van der Waals surface area contributed by atoms with Gasteiger partial charge in [-0.15, -0.1) is 0 Å². The predicted octanol–water partition coefficient (Wildman–Crippen LogP) is 3.30. The summed E-state index contributed by atoms with van der Waals surface area (Å²) < 4.78 is 5.79. The highest BCUT2D eigenvalue weighted by Crippen LogP contribution is 2.26. The molecule has 0 radical (unpaired) electrons. The molecule has 1 heterocycles. The van der Waals surface area contributed by atoms with E-state index in [9.17, 15) is 0 Å². The van der Waals surface area contributed by atoms with Gasteiger partial charge in [-0.3, -0.25) is 0 Å². The Hall–Kier alpha value is -1.94. The highest BCUT2D eigenvalue weighted by Gasteiger charge is 2.07. The summed E-state index contributed by atoms with van der Waals surface area (Å²) in [7, 11) is 0.